The van der Waals surface area contributed by atoms with Crippen LogP contribution in [-0.2, 0) is 28.6 Å². The van der Waals surface area contributed by atoms with Gasteiger partial charge in [-0.05, 0) is 116 Å². The molecule has 0 aromatic heterocycles. The summed E-state index contributed by atoms with van der Waals surface area (Å²) in [6.07, 6.45) is 98.4. The molecule has 0 aliphatic carbocycles. The standard InChI is InChI=1S/C77H130O6/c1-4-7-10-13-15-17-19-21-23-25-27-29-31-33-35-37-38-40-41-43-45-47-49-51-53-55-57-59-61-64-67-70-76(79)82-73-74(72-81-75(78)69-66-63-12-9-6-3)83-77(80)71-68-65-62-60-58-56-54-52-50-48-46-44-42-39-36-34-32-30-28-26-24-22-20-18-16-14-11-8-5-2/h7,10,15,17,20-23,26-29,32-35,38,40,43,45,74H,4-6,8-9,11-14,16,18-19,24-25,30-31,36-37,39,41-42,44,46-73H2,1-3H3/b10-7-,17-15-,22-20-,23-21-,28-26-,29-27-,34-32-,35-33-,40-38-,45-43-. The van der Waals surface area contributed by atoms with Gasteiger partial charge in [0.15, 0.2) is 6.10 Å². The van der Waals surface area contributed by atoms with E-state index in [1.807, 2.05) is 0 Å². The molecule has 1 unspecified atom stereocenters. The highest BCUT2D eigenvalue weighted by molar-refractivity contribution is 5.71. The van der Waals surface area contributed by atoms with Crippen molar-refractivity contribution in [3.63, 3.8) is 0 Å². The predicted molar refractivity (Wildman–Crippen MR) is 362 cm³/mol. The second-order valence-corrected chi connectivity index (χ2v) is 23.1. The minimum Gasteiger partial charge on any atom is -0.462 e. The van der Waals surface area contributed by atoms with Crippen molar-refractivity contribution in [1.82, 2.24) is 0 Å². The van der Waals surface area contributed by atoms with E-state index in [0.29, 0.717) is 19.3 Å². The highest BCUT2D eigenvalue weighted by Crippen LogP contribution is 2.17. The molecule has 0 rings (SSSR count). The number of esters is 3. The van der Waals surface area contributed by atoms with E-state index in [1.54, 1.807) is 0 Å². The summed E-state index contributed by atoms with van der Waals surface area (Å²) in [5, 5.41) is 0. The quantitative estimate of drug-likeness (QED) is 0.0261. The maximum Gasteiger partial charge on any atom is 0.306 e. The monoisotopic (exact) mass is 1150 g/mol. The molecule has 6 heteroatoms. The highest BCUT2D eigenvalue weighted by Gasteiger charge is 2.19. The Bertz CT molecular complexity index is 1700. The fourth-order valence-electron chi connectivity index (χ4n) is 9.73. The summed E-state index contributed by atoms with van der Waals surface area (Å²) < 4.78 is 16.8. The summed E-state index contributed by atoms with van der Waals surface area (Å²) >= 11 is 0. The van der Waals surface area contributed by atoms with Crippen LogP contribution in [0.4, 0.5) is 0 Å². The molecule has 0 fully saturated rings. The average molecular weight is 1150 g/mol. The Labute approximate surface area is 513 Å². The molecule has 0 bridgehead atoms. The fraction of sp³-hybridized carbons (Fsp3) is 0.701. The normalized spacial score (nSPS) is 12.9. The largest absolute Gasteiger partial charge is 0.462 e. The first-order chi connectivity index (χ1) is 41.0. The molecule has 1 atom stereocenters. The van der Waals surface area contributed by atoms with Gasteiger partial charge in [0.2, 0.25) is 0 Å². The number of carbonyl (C=O) groups is 3. The Balaban J connectivity index is 4.03. The molecule has 0 saturated heterocycles. The number of carbonyl (C=O) groups excluding carboxylic acids is 3. The van der Waals surface area contributed by atoms with Crippen molar-refractivity contribution >= 4 is 17.9 Å². The van der Waals surface area contributed by atoms with Gasteiger partial charge in [0.25, 0.3) is 0 Å². The lowest BCUT2D eigenvalue weighted by molar-refractivity contribution is -0.167. The molecule has 0 aromatic carbocycles. The van der Waals surface area contributed by atoms with E-state index in [4.69, 9.17) is 14.2 Å². The van der Waals surface area contributed by atoms with Crippen LogP contribution in [0.2, 0.25) is 0 Å². The molecule has 0 saturated carbocycles. The lowest BCUT2D eigenvalue weighted by Gasteiger charge is -2.18. The van der Waals surface area contributed by atoms with E-state index in [9.17, 15) is 14.4 Å². The molecular weight excluding hydrogens is 1020 g/mol. The van der Waals surface area contributed by atoms with Crippen LogP contribution in [0.15, 0.2) is 122 Å². The first-order valence-corrected chi connectivity index (χ1v) is 35.0. The van der Waals surface area contributed by atoms with E-state index in [2.05, 4.69) is 142 Å². The minimum absolute atomic E-state index is 0.0804. The van der Waals surface area contributed by atoms with Crippen molar-refractivity contribution in [2.45, 2.75) is 335 Å². The fourth-order valence-corrected chi connectivity index (χ4v) is 9.73. The SMILES string of the molecule is CC/C=C\C/C=C\C/C=C\C/C=C\C/C=C\C/C=C\C/C=C\CCCCCCCCCCCC(=O)OCC(COC(=O)CCCCCCC)OC(=O)CCCCCCCCCCCCCCCC/C=C\C/C=C\C/C=C\CCCCCCC. The lowest BCUT2D eigenvalue weighted by atomic mass is 10.0. The molecule has 0 radical (unpaired) electrons. The minimum atomic E-state index is -0.780. The lowest BCUT2D eigenvalue weighted by Crippen LogP contribution is -2.30. The van der Waals surface area contributed by atoms with Gasteiger partial charge in [-0.2, -0.15) is 0 Å². The van der Waals surface area contributed by atoms with Gasteiger partial charge >= 0.3 is 17.9 Å². The van der Waals surface area contributed by atoms with Crippen LogP contribution in [0.5, 0.6) is 0 Å². The van der Waals surface area contributed by atoms with Crippen molar-refractivity contribution in [1.29, 1.82) is 0 Å². The van der Waals surface area contributed by atoms with Gasteiger partial charge < -0.3 is 14.2 Å². The zero-order valence-electron chi connectivity index (χ0n) is 54.4. The van der Waals surface area contributed by atoms with Crippen molar-refractivity contribution < 1.29 is 28.6 Å². The van der Waals surface area contributed by atoms with Crippen LogP contribution in [0.25, 0.3) is 0 Å². The average Bonchev–Trinajstić information content (AvgIpc) is 3.49. The van der Waals surface area contributed by atoms with Crippen molar-refractivity contribution in [2.75, 3.05) is 13.2 Å². The molecule has 0 aromatic rings. The first kappa shape index (κ1) is 78.8. The van der Waals surface area contributed by atoms with Crippen molar-refractivity contribution in [3.8, 4) is 0 Å². The van der Waals surface area contributed by atoms with Gasteiger partial charge in [-0.1, -0.05) is 316 Å². The van der Waals surface area contributed by atoms with E-state index in [1.165, 1.54) is 161 Å². The van der Waals surface area contributed by atoms with E-state index in [0.717, 1.165) is 128 Å². The summed E-state index contributed by atoms with van der Waals surface area (Å²) in [7, 11) is 0. The maximum absolute atomic E-state index is 12.9. The maximum atomic E-state index is 12.9. The van der Waals surface area contributed by atoms with Crippen LogP contribution >= 0.6 is 0 Å². The number of hydrogen-bond acceptors (Lipinski definition) is 6. The molecule has 6 nitrogen and oxygen atoms in total. The molecule has 0 spiro atoms. The number of rotatable bonds is 63. The first-order valence-electron chi connectivity index (χ1n) is 35.0. The van der Waals surface area contributed by atoms with Crippen LogP contribution in [-0.4, -0.2) is 37.2 Å². The van der Waals surface area contributed by atoms with E-state index < -0.39 is 6.10 Å². The Kier molecular flexibility index (Phi) is 66.7. The van der Waals surface area contributed by atoms with Gasteiger partial charge in [-0.3, -0.25) is 14.4 Å². The third-order valence-corrected chi connectivity index (χ3v) is 15.0. The van der Waals surface area contributed by atoms with Crippen LogP contribution in [0.1, 0.15) is 329 Å². The Morgan fingerprint density at radius 1 is 0.253 bits per heavy atom. The Hall–Kier alpha value is -4.19. The highest BCUT2D eigenvalue weighted by atomic mass is 16.6. The summed E-state index contributed by atoms with van der Waals surface area (Å²) in [5.74, 6) is -0.893. The summed E-state index contributed by atoms with van der Waals surface area (Å²) in [6.45, 7) is 6.45. The molecular formula is C77H130O6. The second-order valence-electron chi connectivity index (χ2n) is 23.1. The number of unbranched alkanes of at least 4 members (excludes halogenated alkanes) is 32. The summed E-state index contributed by atoms with van der Waals surface area (Å²) in [5.41, 5.74) is 0. The molecule has 83 heavy (non-hydrogen) atoms. The summed E-state index contributed by atoms with van der Waals surface area (Å²) in [4.78, 5) is 38.0. The van der Waals surface area contributed by atoms with Gasteiger partial charge in [-0.15, -0.1) is 0 Å². The van der Waals surface area contributed by atoms with Gasteiger partial charge in [0.1, 0.15) is 13.2 Å². The summed E-state index contributed by atoms with van der Waals surface area (Å²) in [6, 6.07) is 0. The Morgan fingerprint density at radius 2 is 0.470 bits per heavy atom. The third-order valence-electron chi connectivity index (χ3n) is 15.0. The van der Waals surface area contributed by atoms with Crippen molar-refractivity contribution in [2.24, 2.45) is 0 Å². The molecule has 0 amide bonds. The van der Waals surface area contributed by atoms with Gasteiger partial charge in [0.05, 0.1) is 0 Å². The molecule has 474 valence electrons. The number of hydrogen-bond donors (Lipinski definition) is 0. The third kappa shape index (κ3) is 68.5. The molecule has 0 aliphatic rings. The van der Waals surface area contributed by atoms with Crippen molar-refractivity contribution in [3.05, 3.63) is 122 Å². The van der Waals surface area contributed by atoms with Crippen LogP contribution < -0.4 is 0 Å². The smallest absolute Gasteiger partial charge is 0.306 e. The van der Waals surface area contributed by atoms with Crippen LogP contribution in [0.3, 0.4) is 0 Å². The topological polar surface area (TPSA) is 78.9 Å². The number of allylic oxidation sites excluding steroid dienone is 20. The Morgan fingerprint density at radius 3 is 0.735 bits per heavy atom. The van der Waals surface area contributed by atoms with Gasteiger partial charge in [0, 0.05) is 19.3 Å². The molecule has 0 aliphatic heterocycles. The van der Waals surface area contributed by atoms with Gasteiger partial charge in [-0.25, -0.2) is 0 Å². The zero-order chi connectivity index (χ0) is 59.9. The second kappa shape index (κ2) is 70.3. The van der Waals surface area contributed by atoms with E-state index in [-0.39, 0.29) is 31.1 Å². The van der Waals surface area contributed by atoms with Crippen LogP contribution in [0, 0.1) is 0 Å². The number of ether oxygens (including phenoxy) is 3. The predicted octanol–water partition coefficient (Wildman–Crippen LogP) is 24.3. The molecule has 0 heterocycles. The van der Waals surface area contributed by atoms with E-state index >= 15 is 0 Å². The molecule has 0 N–H and O–H groups in total. The zero-order valence-corrected chi connectivity index (χ0v) is 54.4.